The van der Waals surface area contributed by atoms with E-state index < -0.39 is 7.82 Å². The molecular weight excluding hydrogens is 373 g/mol. The van der Waals surface area contributed by atoms with Gasteiger partial charge in [-0.2, -0.15) is 9.97 Å². The number of ether oxygens (including phenoxy) is 1. The molecule has 0 aliphatic carbocycles. The Bertz CT molecular complexity index is 733. The van der Waals surface area contributed by atoms with Crippen LogP contribution in [-0.4, -0.2) is 45.9 Å². The van der Waals surface area contributed by atoms with Gasteiger partial charge in [0.15, 0.2) is 10.8 Å². The maximum atomic E-state index is 12.1. The molecule has 0 aliphatic heterocycles. The first-order valence-electron chi connectivity index (χ1n) is 7.74. The highest BCUT2D eigenvalue weighted by molar-refractivity contribution is 7.48. The molecule has 2 aromatic heterocycles. The van der Waals surface area contributed by atoms with Gasteiger partial charge >= 0.3 is 7.82 Å². The van der Waals surface area contributed by atoms with E-state index in [9.17, 15) is 4.57 Å². The number of nitrogens with zero attached hydrogens (tertiary/aromatic N) is 4. The summed E-state index contributed by atoms with van der Waals surface area (Å²) in [5.41, 5.74) is 6.53. The van der Waals surface area contributed by atoms with Crippen LogP contribution in [0, 0.1) is 0 Å². The van der Waals surface area contributed by atoms with Gasteiger partial charge in [0.25, 0.3) is 0 Å². The van der Waals surface area contributed by atoms with E-state index in [0.717, 1.165) is 0 Å². The minimum atomic E-state index is -3.48. The zero-order chi connectivity index (χ0) is 18.3. The smallest absolute Gasteiger partial charge is 0.368 e. The van der Waals surface area contributed by atoms with E-state index >= 15 is 0 Å². The fourth-order valence-electron chi connectivity index (χ4n) is 1.95. The van der Waals surface area contributed by atoms with Gasteiger partial charge in [0.1, 0.15) is 12.2 Å². The van der Waals surface area contributed by atoms with E-state index in [1.807, 2.05) is 0 Å². The molecule has 12 heteroatoms. The summed E-state index contributed by atoms with van der Waals surface area (Å²) in [4.78, 5) is 12.1. The van der Waals surface area contributed by atoms with E-state index in [0.29, 0.717) is 24.2 Å². The van der Waals surface area contributed by atoms with E-state index in [-0.39, 0.29) is 37.7 Å². The van der Waals surface area contributed by atoms with Crippen LogP contribution in [0.4, 0.5) is 5.95 Å². The van der Waals surface area contributed by atoms with Crippen LogP contribution in [0.2, 0.25) is 5.15 Å². The van der Waals surface area contributed by atoms with Crippen LogP contribution in [0.3, 0.4) is 0 Å². The molecule has 0 saturated heterocycles. The molecule has 0 aliphatic rings. The molecule has 0 fully saturated rings. The Morgan fingerprint density at radius 1 is 1.20 bits per heavy atom. The highest BCUT2D eigenvalue weighted by atomic mass is 35.5. The molecule has 2 heterocycles. The predicted octanol–water partition coefficient (Wildman–Crippen LogP) is 2.62. The summed E-state index contributed by atoms with van der Waals surface area (Å²) < 4.78 is 34.5. The van der Waals surface area contributed by atoms with Crippen molar-refractivity contribution >= 4 is 36.5 Å². The normalized spacial score (nSPS) is 12.1. The molecular formula is C13H21ClN5O5P. The number of imidazole rings is 1. The van der Waals surface area contributed by atoms with E-state index in [1.54, 1.807) is 24.7 Å². The van der Waals surface area contributed by atoms with Crippen LogP contribution in [0.5, 0.6) is 0 Å². The van der Waals surface area contributed by atoms with Gasteiger partial charge in [-0.25, -0.2) is 9.55 Å². The number of hydrogen-bond donors (Lipinski definition) is 1. The van der Waals surface area contributed by atoms with Crippen LogP contribution in [-0.2, 0) is 29.6 Å². The molecule has 0 bridgehead atoms. The SMILES string of the molecule is CCOP(=O)(OCC)OCCCOCn1cnc2c(Cl)nc(N)nc21. The average molecular weight is 394 g/mol. The summed E-state index contributed by atoms with van der Waals surface area (Å²) in [7, 11) is -3.48. The lowest BCUT2D eigenvalue weighted by atomic mass is 10.5. The Morgan fingerprint density at radius 3 is 2.60 bits per heavy atom. The Morgan fingerprint density at radius 2 is 1.92 bits per heavy atom. The second kappa shape index (κ2) is 9.42. The molecule has 0 radical (unpaired) electrons. The third-order valence-corrected chi connectivity index (χ3v) is 4.84. The molecule has 2 rings (SSSR count). The first-order chi connectivity index (χ1) is 12.0. The molecule has 140 valence electrons. The molecule has 25 heavy (non-hydrogen) atoms. The molecule has 0 spiro atoms. The van der Waals surface area contributed by atoms with Gasteiger partial charge < -0.3 is 10.5 Å². The molecule has 2 N–H and O–H groups in total. The van der Waals surface area contributed by atoms with Crippen molar-refractivity contribution in [2.45, 2.75) is 27.0 Å². The van der Waals surface area contributed by atoms with Crippen molar-refractivity contribution < 1.29 is 22.9 Å². The summed E-state index contributed by atoms with van der Waals surface area (Å²) in [6.45, 7) is 4.68. The molecule has 0 unspecified atom stereocenters. The predicted molar refractivity (Wildman–Crippen MR) is 92.1 cm³/mol. The maximum Gasteiger partial charge on any atom is 0.474 e. The van der Waals surface area contributed by atoms with Gasteiger partial charge in [0.05, 0.1) is 32.8 Å². The van der Waals surface area contributed by atoms with Gasteiger partial charge in [-0.1, -0.05) is 11.6 Å². The van der Waals surface area contributed by atoms with Gasteiger partial charge in [0.2, 0.25) is 5.95 Å². The van der Waals surface area contributed by atoms with E-state index in [4.69, 9.17) is 35.6 Å². The summed E-state index contributed by atoms with van der Waals surface area (Å²) >= 11 is 5.96. The monoisotopic (exact) mass is 393 g/mol. The lowest BCUT2D eigenvalue weighted by Gasteiger charge is -2.16. The lowest BCUT2D eigenvalue weighted by molar-refractivity contribution is 0.0612. The summed E-state index contributed by atoms with van der Waals surface area (Å²) in [5.74, 6) is 0.0650. The third-order valence-electron chi connectivity index (χ3n) is 2.93. The molecule has 10 nitrogen and oxygen atoms in total. The maximum absolute atomic E-state index is 12.1. The van der Waals surface area contributed by atoms with Crippen LogP contribution >= 0.6 is 19.4 Å². The van der Waals surface area contributed by atoms with Crippen LogP contribution < -0.4 is 5.73 Å². The number of halogens is 1. The zero-order valence-electron chi connectivity index (χ0n) is 14.1. The molecule has 2 aromatic rings. The number of rotatable bonds is 11. The van der Waals surface area contributed by atoms with Crippen molar-refractivity contribution in [3.8, 4) is 0 Å². The highest BCUT2D eigenvalue weighted by Crippen LogP contribution is 2.49. The number of anilines is 1. The van der Waals surface area contributed by atoms with Crippen molar-refractivity contribution in [1.82, 2.24) is 19.5 Å². The quantitative estimate of drug-likeness (QED) is 0.348. The summed E-state index contributed by atoms with van der Waals surface area (Å²) in [6, 6.07) is 0. The first kappa shape index (κ1) is 20.0. The number of aromatic nitrogens is 4. The first-order valence-corrected chi connectivity index (χ1v) is 9.58. The minimum absolute atomic E-state index is 0.0650. The number of nitrogens with two attached hydrogens (primary N) is 1. The number of fused-ring (bicyclic) bond motifs is 1. The van der Waals surface area contributed by atoms with Gasteiger partial charge in [-0.05, 0) is 20.3 Å². The number of phosphoric ester groups is 1. The average Bonchev–Trinajstić information content (AvgIpc) is 2.94. The van der Waals surface area contributed by atoms with Gasteiger partial charge in [-0.3, -0.25) is 18.1 Å². The lowest BCUT2D eigenvalue weighted by Crippen LogP contribution is -2.07. The third kappa shape index (κ3) is 5.60. The molecule has 0 aromatic carbocycles. The van der Waals surface area contributed by atoms with Crippen LogP contribution in [0.1, 0.15) is 20.3 Å². The Labute approximate surface area is 150 Å². The minimum Gasteiger partial charge on any atom is -0.368 e. The molecule has 0 atom stereocenters. The summed E-state index contributed by atoms with van der Waals surface area (Å²) in [6.07, 6.45) is 2.05. The van der Waals surface area contributed by atoms with Gasteiger partial charge in [-0.15, -0.1) is 0 Å². The zero-order valence-corrected chi connectivity index (χ0v) is 15.7. The summed E-state index contributed by atoms with van der Waals surface area (Å²) in [5, 5.41) is 0.192. The van der Waals surface area contributed by atoms with E-state index in [1.165, 1.54) is 0 Å². The van der Waals surface area contributed by atoms with E-state index in [2.05, 4.69) is 15.0 Å². The largest absolute Gasteiger partial charge is 0.474 e. The number of phosphoric acid groups is 1. The highest BCUT2D eigenvalue weighted by Gasteiger charge is 2.24. The van der Waals surface area contributed by atoms with Crippen LogP contribution in [0.25, 0.3) is 11.2 Å². The van der Waals surface area contributed by atoms with Crippen molar-refractivity contribution in [1.29, 1.82) is 0 Å². The Kier molecular flexibility index (Phi) is 7.55. The Hall–Kier alpha value is -1.29. The van der Waals surface area contributed by atoms with Crippen molar-refractivity contribution in [3.05, 3.63) is 11.5 Å². The molecule has 0 amide bonds. The topological polar surface area (TPSA) is 124 Å². The second-order valence-electron chi connectivity index (χ2n) is 4.77. The van der Waals surface area contributed by atoms with Crippen molar-refractivity contribution in [3.63, 3.8) is 0 Å². The van der Waals surface area contributed by atoms with Gasteiger partial charge in [0, 0.05) is 0 Å². The van der Waals surface area contributed by atoms with Crippen molar-refractivity contribution in [2.75, 3.05) is 32.2 Å². The molecule has 0 saturated carbocycles. The fourth-order valence-corrected chi connectivity index (χ4v) is 3.38. The number of nitrogen functional groups attached to an aromatic ring is 1. The fraction of sp³-hybridized carbons (Fsp3) is 0.615. The standard InChI is InChI=1S/C13H21ClN5O5P/c1-3-22-25(20,23-4-2)24-7-5-6-21-9-19-8-16-10-11(14)17-13(15)18-12(10)19/h8H,3-7,9H2,1-2H3,(H2,15,17,18). The Balaban J connectivity index is 1.77. The number of hydrogen-bond acceptors (Lipinski definition) is 9. The second-order valence-corrected chi connectivity index (χ2v) is 6.79. The van der Waals surface area contributed by atoms with Crippen LogP contribution in [0.15, 0.2) is 6.33 Å². The van der Waals surface area contributed by atoms with Crippen molar-refractivity contribution in [2.24, 2.45) is 0 Å².